The van der Waals surface area contributed by atoms with Crippen LogP contribution in [-0.2, 0) is 0 Å². The summed E-state index contributed by atoms with van der Waals surface area (Å²) < 4.78 is 0. The van der Waals surface area contributed by atoms with Gasteiger partial charge >= 0.3 is 0 Å². The molecule has 0 saturated heterocycles. The maximum atomic E-state index is 8.85. The van der Waals surface area contributed by atoms with Gasteiger partial charge in [0.15, 0.2) is 0 Å². The molecule has 0 atom stereocenters. The molecule has 10 heavy (non-hydrogen) atoms. The third-order valence-electron chi connectivity index (χ3n) is 1.71. The van der Waals surface area contributed by atoms with Gasteiger partial charge in [0.2, 0.25) is 0 Å². The van der Waals surface area contributed by atoms with Gasteiger partial charge < -0.3 is 10.0 Å². The van der Waals surface area contributed by atoms with E-state index in [2.05, 4.69) is 6.08 Å². The Hall–Kier alpha value is -0.760. The normalized spacial score (nSPS) is 16.7. The minimum atomic E-state index is 0.157. The Kier molecular flexibility index (Phi) is 2.12. The quantitative estimate of drug-likeness (QED) is 0.610. The SMILES string of the molecule is CN(C)C1=C(CO)C=CC1. The van der Waals surface area contributed by atoms with Crippen LogP contribution < -0.4 is 0 Å². The molecule has 0 bridgehead atoms. The first-order valence-corrected chi connectivity index (χ1v) is 3.42. The van der Waals surface area contributed by atoms with Crippen molar-refractivity contribution in [2.75, 3.05) is 20.7 Å². The molecule has 1 rings (SSSR count). The average Bonchev–Trinajstić information content (AvgIpc) is 2.33. The summed E-state index contributed by atoms with van der Waals surface area (Å²) in [5.41, 5.74) is 2.27. The maximum Gasteiger partial charge on any atom is 0.0698 e. The number of aliphatic hydroxyl groups excluding tert-OH is 1. The van der Waals surface area contributed by atoms with Gasteiger partial charge in [0, 0.05) is 26.2 Å². The molecular weight excluding hydrogens is 126 g/mol. The van der Waals surface area contributed by atoms with Crippen molar-refractivity contribution in [2.45, 2.75) is 6.42 Å². The van der Waals surface area contributed by atoms with E-state index in [9.17, 15) is 0 Å². The molecule has 0 amide bonds. The fourth-order valence-electron chi connectivity index (χ4n) is 1.15. The van der Waals surface area contributed by atoms with E-state index in [4.69, 9.17) is 5.11 Å². The van der Waals surface area contributed by atoms with Crippen molar-refractivity contribution >= 4 is 0 Å². The van der Waals surface area contributed by atoms with Crippen LogP contribution in [0.3, 0.4) is 0 Å². The molecule has 0 heterocycles. The zero-order chi connectivity index (χ0) is 7.56. The van der Waals surface area contributed by atoms with Crippen LogP contribution in [0, 0.1) is 0 Å². The first-order valence-electron chi connectivity index (χ1n) is 3.42. The van der Waals surface area contributed by atoms with E-state index in [1.807, 2.05) is 25.1 Å². The lowest BCUT2D eigenvalue weighted by Crippen LogP contribution is -2.11. The van der Waals surface area contributed by atoms with Crippen molar-refractivity contribution < 1.29 is 5.11 Å². The molecule has 0 aliphatic heterocycles. The van der Waals surface area contributed by atoms with Gasteiger partial charge in [-0.15, -0.1) is 0 Å². The van der Waals surface area contributed by atoms with Crippen LogP contribution in [-0.4, -0.2) is 30.7 Å². The second-order valence-corrected chi connectivity index (χ2v) is 2.63. The van der Waals surface area contributed by atoms with E-state index in [0.29, 0.717) is 0 Å². The standard InChI is InChI=1S/C8H13NO/c1-9(2)8-5-3-4-7(8)6-10/h3-4,10H,5-6H2,1-2H3. The zero-order valence-electron chi connectivity index (χ0n) is 6.46. The highest BCUT2D eigenvalue weighted by Crippen LogP contribution is 2.19. The molecule has 0 aromatic heterocycles. The molecule has 56 valence electrons. The fraction of sp³-hybridized carbons (Fsp3) is 0.500. The Balaban J connectivity index is 2.75. The van der Waals surface area contributed by atoms with Crippen LogP contribution in [0.5, 0.6) is 0 Å². The Morgan fingerprint density at radius 2 is 2.30 bits per heavy atom. The van der Waals surface area contributed by atoms with Crippen LogP contribution in [0.15, 0.2) is 23.4 Å². The number of hydrogen-bond acceptors (Lipinski definition) is 2. The monoisotopic (exact) mass is 139 g/mol. The number of rotatable bonds is 2. The Morgan fingerprint density at radius 1 is 1.60 bits per heavy atom. The summed E-state index contributed by atoms with van der Waals surface area (Å²) in [6.45, 7) is 0.157. The van der Waals surface area contributed by atoms with E-state index in [1.54, 1.807) is 0 Å². The van der Waals surface area contributed by atoms with Gasteiger partial charge in [0.1, 0.15) is 0 Å². The Bertz CT molecular complexity index is 180. The molecule has 1 aliphatic rings. The van der Waals surface area contributed by atoms with Crippen molar-refractivity contribution in [1.29, 1.82) is 0 Å². The number of aliphatic hydroxyl groups is 1. The smallest absolute Gasteiger partial charge is 0.0698 e. The van der Waals surface area contributed by atoms with Crippen LogP contribution in [0.2, 0.25) is 0 Å². The topological polar surface area (TPSA) is 23.5 Å². The Morgan fingerprint density at radius 3 is 2.70 bits per heavy atom. The van der Waals surface area contributed by atoms with Gasteiger partial charge in [0.25, 0.3) is 0 Å². The zero-order valence-corrected chi connectivity index (χ0v) is 6.46. The van der Waals surface area contributed by atoms with Crippen molar-refractivity contribution in [2.24, 2.45) is 0 Å². The molecule has 0 aromatic rings. The Labute approximate surface area is 61.5 Å². The molecule has 0 aromatic carbocycles. The maximum absolute atomic E-state index is 8.85. The third kappa shape index (κ3) is 1.21. The summed E-state index contributed by atoms with van der Waals surface area (Å²) >= 11 is 0. The second-order valence-electron chi connectivity index (χ2n) is 2.63. The van der Waals surface area contributed by atoms with E-state index < -0.39 is 0 Å². The largest absolute Gasteiger partial charge is 0.392 e. The summed E-state index contributed by atoms with van der Waals surface area (Å²) in [7, 11) is 4.00. The first kappa shape index (κ1) is 7.35. The molecule has 2 heteroatoms. The van der Waals surface area contributed by atoms with Gasteiger partial charge in [-0.1, -0.05) is 12.2 Å². The molecule has 0 fully saturated rings. The lowest BCUT2D eigenvalue weighted by atomic mass is 10.2. The summed E-state index contributed by atoms with van der Waals surface area (Å²) in [6.07, 6.45) is 5.01. The molecular formula is C8H13NO. The molecule has 2 nitrogen and oxygen atoms in total. The summed E-state index contributed by atoms with van der Waals surface area (Å²) in [5.74, 6) is 0. The van der Waals surface area contributed by atoms with Gasteiger partial charge in [-0.2, -0.15) is 0 Å². The third-order valence-corrected chi connectivity index (χ3v) is 1.71. The summed E-state index contributed by atoms with van der Waals surface area (Å²) in [4.78, 5) is 2.05. The van der Waals surface area contributed by atoms with Crippen LogP contribution in [0.4, 0.5) is 0 Å². The highest BCUT2D eigenvalue weighted by atomic mass is 16.3. The van der Waals surface area contributed by atoms with E-state index in [-0.39, 0.29) is 6.61 Å². The van der Waals surface area contributed by atoms with Gasteiger partial charge in [-0.3, -0.25) is 0 Å². The minimum Gasteiger partial charge on any atom is -0.392 e. The van der Waals surface area contributed by atoms with Gasteiger partial charge in [-0.25, -0.2) is 0 Å². The van der Waals surface area contributed by atoms with E-state index in [0.717, 1.165) is 12.0 Å². The predicted octanol–water partition coefficient (Wildman–Crippen LogP) is 0.754. The number of hydrogen-bond donors (Lipinski definition) is 1. The molecule has 1 aliphatic carbocycles. The first-order chi connectivity index (χ1) is 4.75. The summed E-state index contributed by atoms with van der Waals surface area (Å²) in [5, 5.41) is 8.85. The van der Waals surface area contributed by atoms with Crippen molar-refractivity contribution in [1.82, 2.24) is 4.90 Å². The highest BCUT2D eigenvalue weighted by Gasteiger charge is 2.08. The van der Waals surface area contributed by atoms with E-state index in [1.165, 1.54) is 5.70 Å². The molecule has 0 saturated carbocycles. The average molecular weight is 139 g/mol. The molecule has 0 radical (unpaired) electrons. The lowest BCUT2D eigenvalue weighted by Gasteiger charge is -2.15. The number of nitrogens with zero attached hydrogens (tertiary/aromatic N) is 1. The molecule has 0 unspecified atom stereocenters. The molecule has 1 N–H and O–H groups in total. The van der Waals surface area contributed by atoms with Crippen molar-refractivity contribution in [3.63, 3.8) is 0 Å². The van der Waals surface area contributed by atoms with E-state index >= 15 is 0 Å². The van der Waals surface area contributed by atoms with Crippen molar-refractivity contribution in [3.05, 3.63) is 23.4 Å². The molecule has 0 spiro atoms. The van der Waals surface area contributed by atoms with Crippen molar-refractivity contribution in [3.8, 4) is 0 Å². The fourth-order valence-corrected chi connectivity index (χ4v) is 1.15. The summed E-state index contributed by atoms with van der Waals surface area (Å²) in [6, 6.07) is 0. The van der Waals surface area contributed by atoms with Crippen LogP contribution in [0.25, 0.3) is 0 Å². The van der Waals surface area contributed by atoms with Crippen LogP contribution in [0.1, 0.15) is 6.42 Å². The van der Waals surface area contributed by atoms with Gasteiger partial charge in [-0.05, 0) is 5.57 Å². The van der Waals surface area contributed by atoms with Gasteiger partial charge in [0.05, 0.1) is 6.61 Å². The second kappa shape index (κ2) is 2.88. The number of allylic oxidation sites excluding steroid dienone is 1. The highest BCUT2D eigenvalue weighted by molar-refractivity contribution is 5.32. The lowest BCUT2D eigenvalue weighted by molar-refractivity contribution is 0.329. The van der Waals surface area contributed by atoms with Crippen LogP contribution >= 0.6 is 0 Å². The predicted molar refractivity (Wildman–Crippen MR) is 41.6 cm³/mol. The minimum absolute atomic E-state index is 0.157.